The van der Waals surface area contributed by atoms with Crippen LogP contribution in [0.1, 0.15) is 21.5 Å². The molecule has 0 aromatic heterocycles. The number of aryl methyl sites for hydroxylation is 1. The summed E-state index contributed by atoms with van der Waals surface area (Å²) in [6.07, 6.45) is 0. The van der Waals surface area contributed by atoms with Crippen LogP contribution in [-0.2, 0) is 0 Å². The monoisotopic (exact) mass is 338 g/mol. The Hall–Kier alpha value is -1.62. The third kappa shape index (κ3) is 3.53. The second-order valence-electron chi connectivity index (χ2n) is 4.44. The van der Waals surface area contributed by atoms with E-state index >= 15 is 0 Å². The predicted octanol–water partition coefficient (Wildman–Crippen LogP) is 4.19. The number of hydrogen-bond donors (Lipinski definition) is 2. The fraction of sp³-hybridized carbons (Fsp3) is 0.0667. The molecule has 3 nitrogen and oxygen atoms in total. The first kappa shape index (κ1) is 15.8. The predicted molar refractivity (Wildman–Crippen MR) is 91.5 cm³/mol. The Labute approximate surface area is 138 Å². The van der Waals surface area contributed by atoms with Crippen LogP contribution in [0, 0.1) is 6.92 Å². The fourth-order valence-corrected chi connectivity index (χ4v) is 2.51. The summed E-state index contributed by atoms with van der Waals surface area (Å²) in [6.45, 7) is 1.87. The summed E-state index contributed by atoms with van der Waals surface area (Å²) in [5.74, 6) is -0.381. The molecule has 0 saturated heterocycles. The van der Waals surface area contributed by atoms with Crippen LogP contribution in [0.3, 0.4) is 0 Å². The zero-order valence-electron chi connectivity index (χ0n) is 11.1. The van der Waals surface area contributed by atoms with E-state index in [1.54, 1.807) is 30.3 Å². The molecule has 2 aromatic rings. The van der Waals surface area contributed by atoms with Crippen LogP contribution >= 0.6 is 35.4 Å². The van der Waals surface area contributed by atoms with Gasteiger partial charge in [-0.15, -0.1) is 0 Å². The highest BCUT2D eigenvalue weighted by Crippen LogP contribution is 2.26. The van der Waals surface area contributed by atoms with Crippen molar-refractivity contribution in [2.24, 2.45) is 5.73 Å². The number of thiocarbonyl (C=S) groups is 1. The van der Waals surface area contributed by atoms with E-state index in [0.717, 1.165) is 5.56 Å². The molecule has 0 aliphatic rings. The van der Waals surface area contributed by atoms with E-state index < -0.39 is 0 Å². The highest BCUT2D eigenvalue weighted by atomic mass is 35.5. The maximum Gasteiger partial charge on any atom is 0.258 e. The number of rotatable bonds is 3. The third-order valence-corrected chi connectivity index (χ3v) is 3.83. The first-order chi connectivity index (χ1) is 9.90. The van der Waals surface area contributed by atoms with Gasteiger partial charge in [0.25, 0.3) is 5.91 Å². The Bertz CT molecular complexity index is 711. The van der Waals surface area contributed by atoms with Crippen LogP contribution < -0.4 is 11.1 Å². The quantitative estimate of drug-likeness (QED) is 0.825. The smallest absolute Gasteiger partial charge is 0.258 e. The molecule has 108 valence electrons. The second-order valence-corrected chi connectivity index (χ2v) is 5.70. The van der Waals surface area contributed by atoms with Gasteiger partial charge in [0.15, 0.2) is 0 Å². The van der Waals surface area contributed by atoms with Crippen molar-refractivity contribution in [2.75, 3.05) is 5.32 Å². The van der Waals surface area contributed by atoms with Crippen molar-refractivity contribution in [1.82, 2.24) is 0 Å². The van der Waals surface area contributed by atoms with Crippen molar-refractivity contribution in [3.8, 4) is 0 Å². The molecule has 0 saturated carbocycles. The van der Waals surface area contributed by atoms with Crippen LogP contribution in [0.15, 0.2) is 36.4 Å². The van der Waals surface area contributed by atoms with Crippen molar-refractivity contribution in [3.63, 3.8) is 0 Å². The van der Waals surface area contributed by atoms with E-state index in [1.807, 2.05) is 13.0 Å². The van der Waals surface area contributed by atoms with Crippen molar-refractivity contribution in [2.45, 2.75) is 6.92 Å². The van der Waals surface area contributed by atoms with E-state index in [1.165, 1.54) is 0 Å². The van der Waals surface area contributed by atoms with E-state index in [4.69, 9.17) is 41.2 Å². The number of halogens is 2. The van der Waals surface area contributed by atoms with Crippen LogP contribution in [0.25, 0.3) is 0 Å². The summed E-state index contributed by atoms with van der Waals surface area (Å²) in [5.41, 5.74) is 8.01. The molecule has 6 heteroatoms. The van der Waals surface area contributed by atoms with E-state index in [9.17, 15) is 4.79 Å². The Balaban J connectivity index is 2.36. The molecule has 0 unspecified atom stereocenters. The molecule has 2 rings (SSSR count). The molecule has 1 amide bonds. The number of hydrogen-bond acceptors (Lipinski definition) is 2. The van der Waals surface area contributed by atoms with E-state index in [-0.39, 0.29) is 16.5 Å². The van der Waals surface area contributed by atoms with Gasteiger partial charge in [-0.3, -0.25) is 4.79 Å². The molecule has 0 atom stereocenters. The first-order valence-electron chi connectivity index (χ1n) is 6.06. The first-order valence-corrected chi connectivity index (χ1v) is 7.22. The van der Waals surface area contributed by atoms with Gasteiger partial charge in [0.1, 0.15) is 4.99 Å². The highest BCUT2D eigenvalue weighted by molar-refractivity contribution is 7.80. The maximum atomic E-state index is 12.3. The van der Waals surface area contributed by atoms with Crippen molar-refractivity contribution in [1.29, 1.82) is 0 Å². The van der Waals surface area contributed by atoms with Crippen LogP contribution in [0.4, 0.5) is 5.69 Å². The lowest BCUT2D eigenvalue weighted by molar-refractivity contribution is 0.102. The summed E-state index contributed by atoms with van der Waals surface area (Å²) in [6, 6.07) is 10.3. The van der Waals surface area contributed by atoms with Crippen molar-refractivity contribution >= 4 is 52.0 Å². The van der Waals surface area contributed by atoms with Gasteiger partial charge in [-0.25, -0.2) is 0 Å². The molecule has 0 fully saturated rings. The molecule has 0 radical (unpaired) electrons. The molecule has 0 aliphatic heterocycles. The van der Waals surface area contributed by atoms with Crippen molar-refractivity contribution in [3.05, 3.63) is 63.1 Å². The molecular weight excluding hydrogens is 327 g/mol. The van der Waals surface area contributed by atoms with Gasteiger partial charge < -0.3 is 11.1 Å². The van der Waals surface area contributed by atoms with Gasteiger partial charge in [-0.1, -0.05) is 53.6 Å². The Kier molecular flexibility index (Phi) is 4.83. The fourth-order valence-electron chi connectivity index (χ4n) is 1.81. The zero-order valence-corrected chi connectivity index (χ0v) is 13.4. The average Bonchev–Trinajstić information content (AvgIpc) is 2.40. The Morgan fingerprint density at radius 2 is 1.81 bits per heavy atom. The minimum Gasteiger partial charge on any atom is -0.389 e. The van der Waals surface area contributed by atoms with E-state index in [0.29, 0.717) is 21.3 Å². The van der Waals surface area contributed by atoms with Crippen LogP contribution in [0.5, 0.6) is 0 Å². The van der Waals surface area contributed by atoms with Gasteiger partial charge in [-0.2, -0.15) is 0 Å². The third-order valence-electron chi connectivity index (χ3n) is 2.96. The molecular formula is C15H12Cl2N2OS. The minimum absolute atomic E-state index is 0.237. The largest absolute Gasteiger partial charge is 0.389 e. The van der Waals surface area contributed by atoms with Gasteiger partial charge in [0.2, 0.25) is 0 Å². The van der Waals surface area contributed by atoms with Gasteiger partial charge in [0.05, 0.1) is 15.6 Å². The Morgan fingerprint density at radius 1 is 1.19 bits per heavy atom. The molecule has 3 N–H and O–H groups in total. The number of nitrogens with one attached hydrogen (secondary N) is 1. The van der Waals surface area contributed by atoms with E-state index in [2.05, 4.69) is 5.32 Å². The molecule has 0 bridgehead atoms. The number of anilines is 1. The lowest BCUT2D eigenvalue weighted by Gasteiger charge is -2.12. The second kappa shape index (κ2) is 6.43. The summed E-state index contributed by atoms with van der Waals surface area (Å²) in [7, 11) is 0. The molecule has 0 spiro atoms. The Morgan fingerprint density at radius 3 is 2.38 bits per heavy atom. The summed E-state index contributed by atoms with van der Waals surface area (Å²) >= 11 is 17.0. The number of nitrogens with two attached hydrogens (primary N) is 1. The standard InChI is InChI=1S/C15H12Cl2N2OS/c1-8-5-6-9(14(18)21)7-12(8)19-15(20)13-10(16)3-2-4-11(13)17/h2-7H,1H3,(H2,18,21)(H,19,20). The molecule has 0 aliphatic carbocycles. The minimum atomic E-state index is -0.381. The lowest BCUT2D eigenvalue weighted by atomic mass is 10.1. The van der Waals surface area contributed by atoms with Crippen molar-refractivity contribution < 1.29 is 4.79 Å². The SMILES string of the molecule is Cc1ccc(C(N)=S)cc1NC(=O)c1c(Cl)cccc1Cl. The summed E-state index contributed by atoms with van der Waals surface area (Å²) < 4.78 is 0. The topological polar surface area (TPSA) is 55.1 Å². The summed E-state index contributed by atoms with van der Waals surface area (Å²) in [5, 5.41) is 3.37. The zero-order chi connectivity index (χ0) is 15.6. The van der Waals surface area contributed by atoms with Gasteiger partial charge >= 0.3 is 0 Å². The highest BCUT2D eigenvalue weighted by Gasteiger charge is 2.15. The van der Waals surface area contributed by atoms with Crippen LogP contribution in [-0.4, -0.2) is 10.9 Å². The number of carbonyl (C=O) groups excluding carboxylic acids is 1. The normalized spacial score (nSPS) is 10.2. The number of carbonyl (C=O) groups is 1. The maximum absolute atomic E-state index is 12.3. The van der Waals surface area contributed by atoms with Gasteiger partial charge in [-0.05, 0) is 30.7 Å². The average molecular weight is 339 g/mol. The molecule has 21 heavy (non-hydrogen) atoms. The molecule has 2 aromatic carbocycles. The van der Waals surface area contributed by atoms with Crippen LogP contribution in [0.2, 0.25) is 10.0 Å². The van der Waals surface area contributed by atoms with Gasteiger partial charge in [0, 0.05) is 11.3 Å². The number of benzene rings is 2. The number of amides is 1. The summed E-state index contributed by atoms with van der Waals surface area (Å²) in [4.78, 5) is 12.6. The molecule has 0 heterocycles. The lowest BCUT2D eigenvalue weighted by Crippen LogP contribution is -2.15.